The summed E-state index contributed by atoms with van der Waals surface area (Å²) in [6.45, 7) is 4.08. The third kappa shape index (κ3) is 4.63. The monoisotopic (exact) mass is 375 g/mol. The standard InChI is InChI=1S/C21H18ClN5/c1-14-11-17(7-9-22)12-15(2)20(14)26-19-8-10-24-21(27-19)25-18-5-3-16(13-23)4-6-18/h3-12H,1-2H3,(H2,24,25,26,27). The summed E-state index contributed by atoms with van der Waals surface area (Å²) in [6.07, 6.45) is 3.55. The van der Waals surface area contributed by atoms with Crippen molar-refractivity contribution in [2.24, 2.45) is 0 Å². The van der Waals surface area contributed by atoms with E-state index in [9.17, 15) is 0 Å². The van der Waals surface area contributed by atoms with Gasteiger partial charge in [0.25, 0.3) is 0 Å². The molecule has 6 heteroatoms. The topological polar surface area (TPSA) is 73.6 Å². The van der Waals surface area contributed by atoms with E-state index in [1.54, 1.807) is 18.3 Å². The minimum atomic E-state index is 0.474. The predicted molar refractivity (Wildman–Crippen MR) is 111 cm³/mol. The van der Waals surface area contributed by atoms with Crippen LogP contribution in [-0.4, -0.2) is 9.97 Å². The molecule has 0 spiro atoms. The number of hydrogen-bond acceptors (Lipinski definition) is 5. The smallest absolute Gasteiger partial charge is 0.229 e. The first kappa shape index (κ1) is 18.4. The van der Waals surface area contributed by atoms with E-state index in [0.29, 0.717) is 17.3 Å². The Morgan fingerprint density at radius 1 is 1.04 bits per heavy atom. The lowest BCUT2D eigenvalue weighted by molar-refractivity contribution is 1.16. The van der Waals surface area contributed by atoms with Crippen LogP contribution in [0.3, 0.4) is 0 Å². The van der Waals surface area contributed by atoms with Gasteiger partial charge in [0.1, 0.15) is 5.82 Å². The van der Waals surface area contributed by atoms with Gasteiger partial charge in [-0.3, -0.25) is 0 Å². The van der Waals surface area contributed by atoms with Crippen LogP contribution < -0.4 is 10.6 Å². The third-order valence-corrected chi connectivity index (χ3v) is 4.12. The van der Waals surface area contributed by atoms with E-state index in [2.05, 4.69) is 38.8 Å². The Labute approximate surface area is 163 Å². The van der Waals surface area contributed by atoms with Crippen LogP contribution >= 0.6 is 11.6 Å². The fraction of sp³-hybridized carbons (Fsp3) is 0.0952. The molecule has 5 nitrogen and oxygen atoms in total. The maximum Gasteiger partial charge on any atom is 0.229 e. The molecular formula is C21H18ClN5. The predicted octanol–water partition coefficient (Wildman–Crippen LogP) is 5.66. The molecule has 0 radical (unpaired) electrons. The summed E-state index contributed by atoms with van der Waals surface area (Å²) in [5.41, 5.74) is 7.18. The van der Waals surface area contributed by atoms with Gasteiger partial charge in [-0.05, 0) is 79.1 Å². The van der Waals surface area contributed by atoms with E-state index in [-0.39, 0.29) is 0 Å². The van der Waals surface area contributed by atoms with E-state index < -0.39 is 0 Å². The minimum absolute atomic E-state index is 0.474. The molecule has 1 aromatic heterocycles. The maximum atomic E-state index is 8.87. The van der Waals surface area contributed by atoms with Gasteiger partial charge in [0, 0.05) is 23.1 Å². The molecule has 1 heterocycles. The number of rotatable bonds is 5. The lowest BCUT2D eigenvalue weighted by atomic mass is 10.0. The third-order valence-electron chi connectivity index (χ3n) is 3.99. The van der Waals surface area contributed by atoms with Crippen molar-refractivity contribution < 1.29 is 0 Å². The fourth-order valence-electron chi connectivity index (χ4n) is 2.74. The SMILES string of the molecule is Cc1cc(C=CCl)cc(C)c1Nc1ccnc(Nc2ccc(C#N)cc2)n1. The van der Waals surface area contributed by atoms with Gasteiger partial charge in [-0.2, -0.15) is 10.2 Å². The number of benzene rings is 2. The van der Waals surface area contributed by atoms with E-state index in [0.717, 1.165) is 28.1 Å². The van der Waals surface area contributed by atoms with Gasteiger partial charge >= 0.3 is 0 Å². The van der Waals surface area contributed by atoms with Crippen LogP contribution in [0.4, 0.5) is 23.1 Å². The highest BCUT2D eigenvalue weighted by atomic mass is 35.5. The average Bonchev–Trinajstić information content (AvgIpc) is 2.66. The molecule has 27 heavy (non-hydrogen) atoms. The van der Waals surface area contributed by atoms with Gasteiger partial charge in [0.05, 0.1) is 11.6 Å². The summed E-state index contributed by atoms with van der Waals surface area (Å²) in [5.74, 6) is 1.16. The molecule has 0 amide bonds. The molecule has 0 aliphatic carbocycles. The maximum absolute atomic E-state index is 8.87. The van der Waals surface area contributed by atoms with Crippen molar-refractivity contribution in [3.63, 3.8) is 0 Å². The number of aromatic nitrogens is 2. The first-order valence-electron chi connectivity index (χ1n) is 8.34. The Kier molecular flexibility index (Phi) is 5.70. The van der Waals surface area contributed by atoms with Crippen molar-refractivity contribution in [3.8, 4) is 6.07 Å². The molecule has 2 aromatic carbocycles. The molecule has 134 valence electrons. The lowest BCUT2D eigenvalue weighted by Crippen LogP contribution is -2.02. The van der Waals surface area contributed by atoms with Crippen molar-refractivity contribution in [2.45, 2.75) is 13.8 Å². The average molecular weight is 376 g/mol. The van der Waals surface area contributed by atoms with E-state index >= 15 is 0 Å². The molecule has 2 N–H and O–H groups in total. The Hall–Kier alpha value is -3.36. The Morgan fingerprint density at radius 2 is 1.74 bits per heavy atom. The summed E-state index contributed by atoms with van der Waals surface area (Å²) in [4.78, 5) is 8.76. The van der Waals surface area contributed by atoms with Crippen molar-refractivity contribution in [2.75, 3.05) is 10.6 Å². The fourth-order valence-corrected chi connectivity index (χ4v) is 2.88. The van der Waals surface area contributed by atoms with Crippen LogP contribution in [0, 0.1) is 25.2 Å². The molecular weight excluding hydrogens is 358 g/mol. The second kappa shape index (κ2) is 8.35. The number of nitrogens with one attached hydrogen (secondary N) is 2. The number of aryl methyl sites for hydroxylation is 2. The number of anilines is 4. The minimum Gasteiger partial charge on any atom is -0.340 e. The highest BCUT2D eigenvalue weighted by Gasteiger charge is 2.07. The molecule has 3 rings (SSSR count). The molecule has 0 aliphatic heterocycles. The lowest BCUT2D eigenvalue weighted by Gasteiger charge is -2.14. The van der Waals surface area contributed by atoms with E-state index in [1.165, 1.54) is 5.54 Å². The van der Waals surface area contributed by atoms with Crippen molar-refractivity contribution >= 4 is 40.8 Å². The quantitative estimate of drug-likeness (QED) is 0.601. The first-order chi connectivity index (χ1) is 13.1. The van der Waals surface area contributed by atoms with Crippen LogP contribution in [0.15, 0.2) is 54.2 Å². The van der Waals surface area contributed by atoms with Crippen molar-refractivity contribution in [1.82, 2.24) is 9.97 Å². The van der Waals surface area contributed by atoms with Gasteiger partial charge in [-0.15, -0.1) is 0 Å². The zero-order valence-corrected chi connectivity index (χ0v) is 15.7. The Morgan fingerprint density at radius 3 is 2.37 bits per heavy atom. The van der Waals surface area contributed by atoms with Crippen LogP contribution in [0.25, 0.3) is 6.08 Å². The second-order valence-corrected chi connectivity index (χ2v) is 6.28. The number of hydrogen-bond donors (Lipinski definition) is 2. The van der Waals surface area contributed by atoms with Gasteiger partial charge in [0.15, 0.2) is 0 Å². The summed E-state index contributed by atoms with van der Waals surface area (Å²) in [5, 5.41) is 15.4. The molecule has 0 bridgehead atoms. The summed E-state index contributed by atoms with van der Waals surface area (Å²) in [7, 11) is 0. The Balaban J connectivity index is 1.81. The van der Waals surface area contributed by atoms with E-state index in [4.69, 9.17) is 16.9 Å². The normalized spacial score (nSPS) is 10.6. The van der Waals surface area contributed by atoms with Crippen LogP contribution in [0.5, 0.6) is 0 Å². The van der Waals surface area contributed by atoms with Crippen LogP contribution in [-0.2, 0) is 0 Å². The molecule has 0 saturated heterocycles. The largest absolute Gasteiger partial charge is 0.340 e. The molecule has 0 aliphatic rings. The summed E-state index contributed by atoms with van der Waals surface area (Å²) < 4.78 is 0. The van der Waals surface area contributed by atoms with Crippen molar-refractivity contribution in [1.29, 1.82) is 5.26 Å². The number of nitrogens with zero attached hydrogens (tertiary/aromatic N) is 3. The van der Waals surface area contributed by atoms with Crippen molar-refractivity contribution in [3.05, 3.63) is 76.5 Å². The van der Waals surface area contributed by atoms with E-state index in [1.807, 2.05) is 38.1 Å². The van der Waals surface area contributed by atoms with Crippen LogP contribution in [0.1, 0.15) is 22.3 Å². The van der Waals surface area contributed by atoms with Gasteiger partial charge in [0.2, 0.25) is 5.95 Å². The van der Waals surface area contributed by atoms with Gasteiger partial charge in [-0.1, -0.05) is 11.6 Å². The number of halogens is 1. The molecule has 0 fully saturated rings. The molecule has 3 aromatic rings. The summed E-state index contributed by atoms with van der Waals surface area (Å²) >= 11 is 5.68. The highest BCUT2D eigenvalue weighted by Crippen LogP contribution is 2.26. The molecule has 0 unspecified atom stereocenters. The zero-order chi connectivity index (χ0) is 19.2. The molecule has 0 saturated carbocycles. The Bertz CT molecular complexity index is 996. The van der Waals surface area contributed by atoms with Gasteiger partial charge in [-0.25, -0.2) is 4.98 Å². The first-order valence-corrected chi connectivity index (χ1v) is 8.78. The number of nitriles is 1. The zero-order valence-electron chi connectivity index (χ0n) is 15.0. The molecule has 0 atom stereocenters. The van der Waals surface area contributed by atoms with Gasteiger partial charge < -0.3 is 10.6 Å². The highest BCUT2D eigenvalue weighted by molar-refractivity contribution is 6.27. The summed E-state index contributed by atoms with van der Waals surface area (Å²) in [6, 6.07) is 15.2. The van der Waals surface area contributed by atoms with Crippen LogP contribution in [0.2, 0.25) is 0 Å². The second-order valence-electron chi connectivity index (χ2n) is 6.03.